The highest BCUT2D eigenvalue weighted by molar-refractivity contribution is 5.82. The van der Waals surface area contributed by atoms with Crippen LogP contribution in [0.25, 0.3) is 22.3 Å². The summed E-state index contributed by atoms with van der Waals surface area (Å²) < 4.78 is 11.2. The van der Waals surface area contributed by atoms with E-state index >= 15 is 0 Å². The molecule has 3 aromatic rings. The molecule has 0 atom stereocenters. The summed E-state index contributed by atoms with van der Waals surface area (Å²) in [7, 11) is 1.63. The van der Waals surface area contributed by atoms with Crippen LogP contribution in [0.1, 0.15) is 11.1 Å². The molecular weight excluding hydrogens is 278 g/mol. The Morgan fingerprint density at radius 2 is 1.77 bits per heavy atom. The number of benzene rings is 2. The molecule has 0 unspecified atom stereocenters. The van der Waals surface area contributed by atoms with Gasteiger partial charge in [0.15, 0.2) is 0 Å². The second-order valence-electron chi connectivity index (χ2n) is 5.28. The molecule has 0 fully saturated rings. The molecule has 1 N–H and O–H groups in total. The van der Waals surface area contributed by atoms with Crippen LogP contribution in [0.3, 0.4) is 0 Å². The highest BCUT2D eigenvalue weighted by Crippen LogP contribution is 2.26. The topological polar surface area (TPSA) is 55.0 Å². The fourth-order valence-corrected chi connectivity index (χ4v) is 2.66. The molecule has 0 bridgehead atoms. The lowest BCUT2D eigenvalue weighted by atomic mass is 10.1. The van der Waals surface area contributed by atoms with Crippen LogP contribution in [0.15, 0.2) is 52.0 Å². The van der Waals surface area contributed by atoms with Gasteiger partial charge >= 0.3 is 0 Å². The van der Waals surface area contributed by atoms with E-state index in [9.17, 15) is 5.21 Å². The third kappa shape index (κ3) is 2.44. The molecule has 0 aliphatic heterocycles. The van der Waals surface area contributed by atoms with Gasteiger partial charge in [0.25, 0.3) is 0 Å². The smallest absolute Gasteiger partial charge is 0.137 e. The molecule has 1 aromatic heterocycles. The molecule has 4 nitrogen and oxygen atoms in total. The minimum Gasteiger partial charge on any atom is -0.497 e. The van der Waals surface area contributed by atoms with Gasteiger partial charge in [-0.25, -0.2) is 0 Å². The maximum absolute atomic E-state index is 9.35. The van der Waals surface area contributed by atoms with Crippen molar-refractivity contribution in [2.24, 2.45) is 5.16 Å². The van der Waals surface area contributed by atoms with Crippen LogP contribution in [-0.4, -0.2) is 12.3 Å². The summed E-state index contributed by atoms with van der Waals surface area (Å²) in [4.78, 5) is 0. The molecule has 0 amide bonds. The molecular formula is C18H17NO3. The average Bonchev–Trinajstić information content (AvgIpc) is 2.53. The zero-order valence-electron chi connectivity index (χ0n) is 12.8. The third-order valence-corrected chi connectivity index (χ3v) is 3.67. The van der Waals surface area contributed by atoms with Gasteiger partial charge in [-0.1, -0.05) is 11.2 Å². The van der Waals surface area contributed by atoms with Gasteiger partial charge in [0.1, 0.15) is 22.5 Å². The predicted molar refractivity (Wildman–Crippen MR) is 85.0 cm³/mol. The van der Waals surface area contributed by atoms with Crippen molar-refractivity contribution < 1.29 is 14.4 Å². The summed E-state index contributed by atoms with van der Waals surface area (Å²) in [5.41, 5.74) is 3.72. The van der Waals surface area contributed by atoms with E-state index in [1.165, 1.54) is 0 Å². The van der Waals surface area contributed by atoms with E-state index in [4.69, 9.17) is 9.15 Å². The highest BCUT2D eigenvalue weighted by atomic mass is 16.5. The van der Waals surface area contributed by atoms with Crippen molar-refractivity contribution in [1.82, 2.24) is 0 Å². The fourth-order valence-electron chi connectivity index (χ4n) is 2.66. The quantitative estimate of drug-likeness (QED) is 0.574. The maximum Gasteiger partial charge on any atom is 0.137 e. The number of methoxy groups -OCH3 is 1. The minimum absolute atomic E-state index is 0.504. The Bertz CT molecular complexity index is 893. The lowest BCUT2D eigenvalue weighted by Crippen LogP contribution is -2.05. The van der Waals surface area contributed by atoms with E-state index in [0.29, 0.717) is 16.7 Å². The van der Waals surface area contributed by atoms with Gasteiger partial charge in [-0.05, 0) is 55.3 Å². The molecule has 22 heavy (non-hydrogen) atoms. The number of nitrogens with zero attached hydrogens (tertiary/aromatic N) is 1. The summed E-state index contributed by atoms with van der Waals surface area (Å²) in [6, 6.07) is 13.3. The molecule has 0 aliphatic rings. The van der Waals surface area contributed by atoms with Crippen molar-refractivity contribution >= 4 is 11.0 Å². The van der Waals surface area contributed by atoms with Gasteiger partial charge < -0.3 is 14.4 Å². The zero-order chi connectivity index (χ0) is 15.7. The second kappa shape index (κ2) is 5.56. The molecule has 0 aliphatic carbocycles. The van der Waals surface area contributed by atoms with Crippen molar-refractivity contribution in [1.29, 1.82) is 0 Å². The standard InChI is InChI=1S/C18H17NO3/c1-11-8-12(2)18-15(19-20)10-16(22-17(18)9-11)13-4-6-14(21-3)7-5-13/h4-10,20H,1-3H3. The number of hydrogen-bond acceptors (Lipinski definition) is 4. The van der Waals surface area contributed by atoms with Gasteiger partial charge in [-0.15, -0.1) is 0 Å². The highest BCUT2D eigenvalue weighted by Gasteiger charge is 2.09. The van der Waals surface area contributed by atoms with Crippen molar-refractivity contribution in [2.45, 2.75) is 13.8 Å². The van der Waals surface area contributed by atoms with E-state index in [1.807, 2.05) is 50.2 Å². The summed E-state index contributed by atoms with van der Waals surface area (Å²) in [6.07, 6.45) is 0. The average molecular weight is 295 g/mol. The molecule has 0 radical (unpaired) electrons. The monoisotopic (exact) mass is 295 g/mol. The lowest BCUT2D eigenvalue weighted by molar-refractivity contribution is 0.302. The maximum atomic E-state index is 9.35. The normalized spacial score (nSPS) is 11.9. The third-order valence-electron chi connectivity index (χ3n) is 3.67. The van der Waals surface area contributed by atoms with E-state index < -0.39 is 0 Å². The number of fused-ring (bicyclic) bond motifs is 1. The molecule has 2 aromatic carbocycles. The summed E-state index contributed by atoms with van der Waals surface area (Å²) in [6.45, 7) is 3.99. The van der Waals surface area contributed by atoms with Crippen LogP contribution >= 0.6 is 0 Å². The van der Waals surface area contributed by atoms with Crippen LogP contribution < -0.4 is 10.1 Å². The number of aryl methyl sites for hydroxylation is 2. The van der Waals surface area contributed by atoms with Crippen molar-refractivity contribution in [2.75, 3.05) is 7.11 Å². The Balaban J connectivity index is 2.27. The van der Waals surface area contributed by atoms with Crippen LogP contribution in [0, 0.1) is 13.8 Å². The van der Waals surface area contributed by atoms with Crippen LogP contribution in [-0.2, 0) is 0 Å². The predicted octanol–water partition coefficient (Wildman–Crippen LogP) is 4.02. The fraction of sp³-hybridized carbons (Fsp3) is 0.167. The van der Waals surface area contributed by atoms with Gasteiger partial charge in [0.05, 0.1) is 7.11 Å². The molecule has 3 rings (SSSR count). The Morgan fingerprint density at radius 1 is 1.05 bits per heavy atom. The first-order valence-electron chi connectivity index (χ1n) is 7.00. The van der Waals surface area contributed by atoms with E-state index in [2.05, 4.69) is 5.16 Å². The van der Waals surface area contributed by atoms with Crippen LogP contribution in [0.4, 0.5) is 0 Å². The van der Waals surface area contributed by atoms with Crippen LogP contribution in [0.5, 0.6) is 5.75 Å². The summed E-state index contributed by atoms with van der Waals surface area (Å²) >= 11 is 0. The second-order valence-corrected chi connectivity index (χ2v) is 5.28. The number of ether oxygens (including phenoxy) is 1. The molecule has 0 saturated heterocycles. The first-order chi connectivity index (χ1) is 10.6. The number of rotatable bonds is 2. The summed E-state index contributed by atoms with van der Waals surface area (Å²) in [5, 5.41) is 14.1. The molecule has 0 spiro atoms. The van der Waals surface area contributed by atoms with E-state index in [1.54, 1.807) is 13.2 Å². The van der Waals surface area contributed by atoms with Gasteiger partial charge in [-0.2, -0.15) is 0 Å². The van der Waals surface area contributed by atoms with E-state index in [0.717, 1.165) is 27.8 Å². The molecule has 112 valence electrons. The molecule has 4 heteroatoms. The van der Waals surface area contributed by atoms with Crippen molar-refractivity contribution in [3.8, 4) is 17.1 Å². The number of hydrogen-bond donors (Lipinski definition) is 1. The van der Waals surface area contributed by atoms with Crippen LogP contribution in [0.2, 0.25) is 0 Å². The Labute approximate surface area is 128 Å². The first-order valence-corrected chi connectivity index (χ1v) is 7.00. The minimum atomic E-state index is 0.504. The Kier molecular flexibility index (Phi) is 3.59. The van der Waals surface area contributed by atoms with Gasteiger partial charge in [0.2, 0.25) is 0 Å². The molecule has 1 heterocycles. The van der Waals surface area contributed by atoms with Crippen molar-refractivity contribution in [3.05, 3.63) is 58.9 Å². The largest absolute Gasteiger partial charge is 0.497 e. The lowest BCUT2D eigenvalue weighted by Gasteiger charge is -2.08. The first kappa shape index (κ1) is 14.2. The van der Waals surface area contributed by atoms with Crippen molar-refractivity contribution in [3.63, 3.8) is 0 Å². The Morgan fingerprint density at radius 3 is 2.41 bits per heavy atom. The summed E-state index contributed by atoms with van der Waals surface area (Å²) in [5.74, 6) is 1.43. The SMILES string of the molecule is COc1ccc(-c2cc(=NO)c3c(C)cc(C)cc3o2)cc1. The zero-order valence-corrected chi connectivity index (χ0v) is 12.8. The van der Waals surface area contributed by atoms with Gasteiger partial charge in [0, 0.05) is 17.0 Å². The van der Waals surface area contributed by atoms with E-state index in [-0.39, 0.29) is 0 Å². The Hall–Kier alpha value is -2.75. The molecule has 0 saturated carbocycles. The van der Waals surface area contributed by atoms with Gasteiger partial charge in [-0.3, -0.25) is 0 Å².